The Kier molecular flexibility index (Phi) is 5.00. The predicted molar refractivity (Wildman–Crippen MR) is 96.9 cm³/mol. The average Bonchev–Trinajstić information content (AvgIpc) is 2.96. The molecule has 140 valence electrons. The highest BCUT2D eigenvalue weighted by Crippen LogP contribution is 2.51. The van der Waals surface area contributed by atoms with E-state index in [0.29, 0.717) is 12.8 Å². The number of aliphatic hydroxyl groups is 2. The number of ether oxygens (including phenoxy) is 1. The van der Waals surface area contributed by atoms with Gasteiger partial charge in [-0.25, -0.2) is 0 Å². The third-order valence-electron chi connectivity index (χ3n) is 6.76. The molecule has 0 aromatic heterocycles. The molecule has 6 unspecified atom stereocenters. The van der Waals surface area contributed by atoms with E-state index in [1.807, 2.05) is 6.92 Å². The Morgan fingerprint density at radius 1 is 1.36 bits per heavy atom. The first-order valence-electron chi connectivity index (χ1n) is 9.60. The van der Waals surface area contributed by atoms with Crippen LogP contribution >= 0.6 is 0 Å². The van der Waals surface area contributed by atoms with Crippen molar-refractivity contribution in [1.82, 2.24) is 0 Å². The molecular formula is C21H32O4. The van der Waals surface area contributed by atoms with Crippen LogP contribution in [0, 0.1) is 29.6 Å². The van der Waals surface area contributed by atoms with Gasteiger partial charge in [-0.3, -0.25) is 4.79 Å². The molecule has 0 aliphatic heterocycles. The number of fused-ring (bicyclic) bond motifs is 2. The van der Waals surface area contributed by atoms with E-state index >= 15 is 0 Å². The summed E-state index contributed by atoms with van der Waals surface area (Å²) in [4.78, 5) is 12.8. The van der Waals surface area contributed by atoms with E-state index in [-0.39, 0.29) is 42.0 Å². The van der Waals surface area contributed by atoms with E-state index in [1.54, 1.807) is 7.11 Å². The minimum Gasteiger partial charge on any atom is -0.392 e. The maximum atomic E-state index is 12.8. The molecule has 3 aliphatic rings. The Bertz CT molecular complexity index is 617. The molecule has 4 nitrogen and oxygen atoms in total. The van der Waals surface area contributed by atoms with Crippen LogP contribution in [0.15, 0.2) is 22.8 Å². The monoisotopic (exact) mass is 348 g/mol. The molecule has 1 saturated carbocycles. The molecule has 0 spiro atoms. The van der Waals surface area contributed by atoms with E-state index in [0.717, 1.165) is 23.1 Å². The van der Waals surface area contributed by atoms with Gasteiger partial charge in [-0.05, 0) is 48.2 Å². The van der Waals surface area contributed by atoms with Gasteiger partial charge in [-0.15, -0.1) is 0 Å². The van der Waals surface area contributed by atoms with Crippen molar-refractivity contribution in [3.8, 4) is 0 Å². The molecule has 6 atom stereocenters. The van der Waals surface area contributed by atoms with Crippen LogP contribution in [0.4, 0.5) is 0 Å². The van der Waals surface area contributed by atoms with Gasteiger partial charge in [-0.1, -0.05) is 39.3 Å². The molecule has 0 heterocycles. The summed E-state index contributed by atoms with van der Waals surface area (Å²) in [5.74, 6) is 0.456. The van der Waals surface area contributed by atoms with Crippen molar-refractivity contribution in [3.63, 3.8) is 0 Å². The Hall–Kier alpha value is -0.970. The van der Waals surface area contributed by atoms with Gasteiger partial charge in [0.15, 0.2) is 5.78 Å². The van der Waals surface area contributed by atoms with Crippen LogP contribution in [0.1, 0.15) is 47.0 Å². The molecule has 4 heteroatoms. The van der Waals surface area contributed by atoms with Gasteiger partial charge >= 0.3 is 0 Å². The molecule has 0 saturated heterocycles. The molecule has 3 rings (SSSR count). The molecule has 0 aromatic carbocycles. The third-order valence-corrected chi connectivity index (χ3v) is 6.76. The lowest BCUT2D eigenvalue weighted by atomic mass is 9.74. The molecule has 0 aromatic rings. The highest BCUT2D eigenvalue weighted by Gasteiger charge is 2.49. The first kappa shape index (κ1) is 18.8. The minimum atomic E-state index is -0.973. The van der Waals surface area contributed by atoms with Crippen LogP contribution in [-0.4, -0.2) is 41.4 Å². The highest BCUT2D eigenvalue weighted by atomic mass is 16.5. The fraction of sp³-hybridized carbons (Fsp3) is 0.762. The zero-order chi connectivity index (χ0) is 18.5. The maximum absolute atomic E-state index is 12.8. The number of carbonyl (C=O) groups excluding carboxylic acids is 1. The van der Waals surface area contributed by atoms with E-state index in [4.69, 9.17) is 4.74 Å². The zero-order valence-electron chi connectivity index (χ0n) is 16.1. The molecule has 25 heavy (non-hydrogen) atoms. The standard InChI is InChI=1S/C21H32O4/c1-11(2)19-16-9-18(22)12(3)14-6-7-21(24,10-25-5)17(14)8-15(16)13(4)20(19)23/h8,11-15,18,22,24H,6-7,9-10H2,1-5H3. The van der Waals surface area contributed by atoms with Crippen molar-refractivity contribution < 1.29 is 19.7 Å². The van der Waals surface area contributed by atoms with Crippen molar-refractivity contribution in [2.75, 3.05) is 13.7 Å². The van der Waals surface area contributed by atoms with E-state index < -0.39 is 11.7 Å². The van der Waals surface area contributed by atoms with Gasteiger partial charge in [0, 0.05) is 18.9 Å². The number of Topliss-reactive ketones (excluding diaryl/α,β-unsaturated/α-hetero) is 1. The number of methoxy groups -OCH3 is 1. The largest absolute Gasteiger partial charge is 0.392 e. The number of aliphatic hydroxyl groups excluding tert-OH is 1. The van der Waals surface area contributed by atoms with E-state index in [2.05, 4.69) is 26.8 Å². The second kappa shape index (κ2) is 6.64. The summed E-state index contributed by atoms with van der Waals surface area (Å²) in [6.45, 7) is 8.42. The SMILES string of the molecule is COCC1(O)CCC2C1=CC1C(=C(C(C)C)C(=O)C1C)CC(O)C2C. The molecule has 1 fully saturated rings. The predicted octanol–water partition coefficient (Wildman–Crippen LogP) is 2.89. The summed E-state index contributed by atoms with van der Waals surface area (Å²) in [7, 11) is 1.61. The molecule has 3 aliphatic carbocycles. The quantitative estimate of drug-likeness (QED) is 0.770. The first-order chi connectivity index (χ1) is 11.7. The summed E-state index contributed by atoms with van der Waals surface area (Å²) < 4.78 is 5.30. The average molecular weight is 348 g/mol. The van der Waals surface area contributed by atoms with Crippen molar-refractivity contribution in [3.05, 3.63) is 22.8 Å². The summed E-state index contributed by atoms with van der Waals surface area (Å²) in [6, 6.07) is 0. The lowest BCUT2D eigenvalue weighted by Gasteiger charge is -2.35. The van der Waals surface area contributed by atoms with Crippen molar-refractivity contribution in [2.45, 2.75) is 58.7 Å². The minimum absolute atomic E-state index is 0.00830. The van der Waals surface area contributed by atoms with Crippen molar-refractivity contribution >= 4 is 5.78 Å². The fourth-order valence-corrected chi connectivity index (χ4v) is 5.33. The van der Waals surface area contributed by atoms with Crippen LogP contribution in [-0.2, 0) is 9.53 Å². The Morgan fingerprint density at radius 3 is 2.64 bits per heavy atom. The van der Waals surface area contributed by atoms with Crippen LogP contribution in [0.3, 0.4) is 0 Å². The van der Waals surface area contributed by atoms with Crippen molar-refractivity contribution in [2.24, 2.45) is 29.6 Å². The van der Waals surface area contributed by atoms with Crippen LogP contribution in [0.5, 0.6) is 0 Å². The summed E-state index contributed by atoms with van der Waals surface area (Å²) in [5.41, 5.74) is 1.99. The second-order valence-electron chi connectivity index (χ2n) is 8.63. The van der Waals surface area contributed by atoms with E-state index in [1.165, 1.54) is 0 Å². The summed E-state index contributed by atoms with van der Waals surface area (Å²) in [6.07, 6.45) is 3.75. The van der Waals surface area contributed by atoms with E-state index in [9.17, 15) is 15.0 Å². The fourth-order valence-electron chi connectivity index (χ4n) is 5.33. The summed E-state index contributed by atoms with van der Waals surface area (Å²) in [5, 5.41) is 22.0. The van der Waals surface area contributed by atoms with Crippen LogP contribution in [0.2, 0.25) is 0 Å². The second-order valence-corrected chi connectivity index (χ2v) is 8.63. The van der Waals surface area contributed by atoms with Gasteiger partial charge in [0.2, 0.25) is 0 Å². The maximum Gasteiger partial charge on any atom is 0.162 e. The number of hydrogen-bond donors (Lipinski definition) is 2. The van der Waals surface area contributed by atoms with Crippen molar-refractivity contribution in [1.29, 1.82) is 0 Å². The molecule has 2 N–H and O–H groups in total. The first-order valence-corrected chi connectivity index (χ1v) is 9.60. The van der Waals surface area contributed by atoms with Gasteiger partial charge in [0.1, 0.15) is 5.60 Å². The number of carbonyl (C=O) groups is 1. The smallest absolute Gasteiger partial charge is 0.162 e. The molecular weight excluding hydrogens is 316 g/mol. The van der Waals surface area contributed by atoms with Crippen LogP contribution in [0.25, 0.3) is 0 Å². The molecule has 0 radical (unpaired) electrons. The Balaban J connectivity index is 2.14. The molecule has 0 amide bonds. The third kappa shape index (κ3) is 2.92. The van der Waals surface area contributed by atoms with Crippen LogP contribution < -0.4 is 0 Å². The van der Waals surface area contributed by atoms with Gasteiger partial charge in [-0.2, -0.15) is 0 Å². The van der Waals surface area contributed by atoms with Gasteiger partial charge in [0.25, 0.3) is 0 Å². The summed E-state index contributed by atoms with van der Waals surface area (Å²) >= 11 is 0. The topological polar surface area (TPSA) is 66.8 Å². The lowest BCUT2D eigenvalue weighted by Crippen LogP contribution is -2.37. The number of hydrogen-bond acceptors (Lipinski definition) is 4. The van der Waals surface area contributed by atoms with Gasteiger partial charge in [0.05, 0.1) is 12.7 Å². The number of allylic oxidation sites excluding steroid dienone is 2. The molecule has 0 bridgehead atoms. The Morgan fingerprint density at radius 2 is 2.04 bits per heavy atom. The highest BCUT2D eigenvalue weighted by molar-refractivity contribution is 6.01. The number of rotatable bonds is 3. The van der Waals surface area contributed by atoms with Gasteiger partial charge < -0.3 is 14.9 Å². The number of ketones is 1. The lowest BCUT2D eigenvalue weighted by molar-refractivity contribution is -0.118. The Labute approximate surface area is 151 Å². The normalized spacial score (nSPS) is 41.5. The zero-order valence-corrected chi connectivity index (χ0v) is 16.1.